The molecule has 1 atom stereocenters. The van der Waals surface area contributed by atoms with Gasteiger partial charge in [-0.3, -0.25) is 0 Å². The second-order valence-electron chi connectivity index (χ2n) is 1.21. The fourth-order valence-electron chi connectivity index (χ4n) is 0. The average molecular weight is 340 g/mol. The van der Waals surface area contributed by atoms with E-state index in [1.807, 2.05) is 6.92 Å². The fraction of sp³-hybridized carbons (Fsp3) is 1.00. The third kappa shape index (κ3) is 27.1. The molecule has 2 nitrogen and oxygen atoms in total. The second-order valence-corrected chi connectivity index (χ2v) is 1.21. The molecule has 1 unspecified atom stereocenters. The molecule has 0 bridgehead atoms. The van der Waals surface area contributed by atoms with E-state index in [0.29, 0.717) is 6.54 Å². The summed E-state index contributed by atoms with van der Waals surface area (Å²) in [4.78, 5) is 0. The van der Waals surface area contributed by atoms with E-state index in [2.05, 4.69) is 0 Å². The molecule has 5 heteroatoms. The monoisotopic (exact) mass is 339 g/mol. The minimum Gasteiger partial charge on any atom is -1.00 e. The second kappa shape index (κ2) is 15.7. The van der Waals surface area contributed by atoms with Gasteiger partial charge in [0.15, 0.2) is 0 Å². The summed E-state index contributed by atoms with van der Waals surface area (Å²) in [5.41, 5.74) is 10.2. The minimum atomic E-state index is 0. The van der Waals surface area contributed by atoms with Gasteiger partial charge in [0.2, 0.25) is 0 Å². The number of rotatable bonds is 1. The van der Waals surface area contributed by atoms with Crippen LogP contribution in [0.3, 0.4) is 0 Å². The van der Waals surface area contributed by atoms with Gasteiger partial charge in [0.1, 0.15) is 0 Å². The van der Waals surface area contributed by atoms with Crippen molar-refractivity contribution >= 4 is 0 Å². The van der Waals surface area contributed by atoms with E-state index in [-0.39, 0.29) is 51.9 Å². The quantitative estimate of drug-likeness (QED) is 0.499. The van der Waals surface area contributed by atoms with Gasteiger partial charge < -0.3 is 36.3 Å². The molecule has 0 saturated heterocycles. The van der Waals surface area contributed by atoms with Crippen LogP contribution in [0.5, 0.6) is 0 Å². The summed E-state index contributed by atoms with van der Waals surface area (Å²) in [6, 6.07) is 0.162. The van der Waals surface area contributed by atoms with Gasteiger partial charge in [0.25, 0.3) is 0 Å². The molecule has 0 aliphatic rings. The van der Waals surface area contributed by atoms with Crippen LogP contribution >= 0.6 is 0 Å². The molecular weight excluding hydrogens is 330 g/mol. The topological polar surface area (TPSA) is 52.0 Å². The summed E-state index contributed by atoms with van der Waals surface area (Å²) in [6.07, 6.45) is 0. The van der Waals surface area contributed by atoms with Crippen LogP contribution in [0.15, 0.2) is 0 Å². The summed E-state index contributed by atoms with van der Waals surface area (Å²) >= 11 is 0. The third-order valence-corrected chi connectivity index (χ3v) is 0.372. The molecule has 0 aliphatic heterocycles. The maximum Gasteiger partial charge on any atom is 2.00 e. The van der Waals surface area contributed by atoms with Crippen molar-refractivity contribution in [3.63, 3.8) is 0 Å². The van der Waals surface area contributed by atoms with Crippen LogP contribution in [0.1, 0.15) is 6.92 Å². The number of halogens is 2. The zero-order valence-corrected chi connectivity index (χ0v) is 8.30. The van der Waals surface area contributed by atoms with Crippen molar-refractivity contribution in [2.24, 2.45) is 11.5 Å². The van der Waals surface area contributed by atoms with E-state index in [4.69, 9.17) is 11.5 Å². The molecule has 8 heavy (non-hydrogen) atoms. The van der Waals surface area contributed by atoms with Gasteiger partial charge in [-0.25, -0.2) is 0 Å². The van der Waals surface area contributed by atoms with Gasteiger partial charge in [-0.15, -0.1) is 0 Å². The molecule has 0 spiro atoms. The molecule has 0 radical (unpaired) electrons. The Morgan fingerprint density at radius 2 is 1.50 bits per heavy atom. The molecule has 0 aliphatic carbocycles. The minimum absolute atomic E-state index is 0. The molecule has 4 N–H and O–H groups in total. The maximum absolute atomic E-state index is 5.17. The van der Waals surface area contributed by atoms with Crippen LogP contribution in [0.4, 0.5) is 0 Å². The normalized spacial score (nSPS) is 9.38. The van der Waals surface area contributed by atoms with Crippen molar-refractivity contribution in [2.75, 3.05) is 6.54 Å². The van der Waals surface area contributed by atoms with E-state index < -0.39 is 0 Å². The Hall–Kier alpha value is 1.19. The van der Waals surface area contributed by atoms with Crippen molar-refractivity contribution < 1.29 is 45.9 Å². The molecular formula is C3H10Cl2N2Pt. The standard InChI is InChI=1S/C3H10N2.2ClH.Pt/c1-3(5)2-4;;;/h3H,2,4-5H2,1H3;2*1H;/q;;;+2/p-2. The van der Waals surface area contributed by atoms with Gasteiger partial charge in [-0.2, -0.15) is 0 Å². The van der Waals surface area contributed by atoms with Gasteiger partial charge in [-0.1, -0.05) is 0 Å². The van der Waals surface area contributed by atoms with E-state index in [1.54, 1.807) is 0 Å². The van der Waals surface area contributed by atoms with Gasteiger partial charge in [0, 0.05) is 12.6 Å². The van der Waals surface area contributed by atoms with Crippen LogP contribution in [0.25, 0.3) is 0 Å². The Morgan fingerprint density at radius 1 is 1.38 bits per heavy atom. The molecule has 56 valence electrons. The molecule has 0 rings (SSSR count). The molecule has 0 fully saturated rings. The van der Waals surface area contributed by atoms with Crippen molar-refractivity contribution in [2.45, 2.75) is 13.0 Å². The smallest absolute Gasteiger partial charge is 1.00 e. The zero-order valence-electron chi connectivity index (χ0n) is 4.51. The van der Waals surface area contributed by atoms with Crippen molar-refractivity contribution in [3.8, 4) is 0 Å². The summed E-state index contributed by atoms with van der Waals surface area (Å²) in [7, 11) is 0. The van der Waals surface area contributed by atoms with E-state index in [0.717, 1.165) is 0 Å². The summed E-state index contributed by atoms with van der Waals surface area (Å²) < 4.78 is 0. The molecule has 0 heterocycles. The Labute approximate surface area is 76.8 Å². The first kappa shape index (κ1) is 22.9. The van der Waals surface area contributed by atoms with Crippen molar-refractivity contribution in [3.05, 3.63) is 0 Å². The van der Waals surface area contributed by atoms with Crippen molar-refractivity contribution in [1.82, 2.24) is 0 Å². The number of nitrogens with two attached hydrogens (primary N) is 2. The number of hydrogen-bond acceptors (Lipinski definition) is 2. The predicted molar refractivity (Wildman–Crippen MR) is 22.7 cm³/mol. The fourth-order valence-corrected chi connectivity index (χ4v) is 0. The first-order chi connectivity index (χ1) is 2.27. The van der Waals surface area contributed by atoms with E-state index in [9.17, 15) is 0 Å². The Balaban J connectivity index is -0.0000000267. The van der Waals surface area contributed by atoms with Crippen LogP contribution in [0.2, 0.25) is 0 Å². The Kier molecular flexibility index (Phi) is 45.0. The SMILES string of the molecule is CC(N)CN.[Cl-].[Cl-].[Pt+2]. The summed E-state index contributed by atoms with van der Waals surface area (Å²) in [5, 5.41) is 0. The molecule has 0 aromatic carbocycles. The largest absolute Gasteiger partial charge is 2.00 e. The Morgan fingerprint density at radius 3 is 1.50 bits per heavy atom. The van der Waals surface area contributed by atoms with Crippen molar-refractivity contribution in [1.29, 1.82) is 0 Å². The molecule has 0 saturated carbocycles. The van der Waals surface area contributed by atoms with E-state index >= 15 is 0 Å². The summed E-state index contributed by atoms with van der Waals surface area (Å²) in [6.45, 7) is 2.46. The van der Waals surface area contributed by atoms with E-state index in [1.165, 1.54) is 0 Å². The first-order valence-electron chi connectivity index (χ1n) is 1.73. The summed E-state index contributed by atoms with van der Waals surface area (Å²) in [5.74, 6) is 0. The first-order valence-corrected chi connectivity index (χ1v) is 1.73. The average Bonchev–Trinajstić information content (AvgIpc) is 1.38. The third-order valence-electron chi connectivity index (χ3n) is 0.372. The number of hydrogen-bond donors (Lipinski definition) is 2. The maximum atomic E-state index is 5.17. The zero-order chi connectivity index (χ0) is 4.28. The van der Waals surface area contributed by atoms with Crippen LogP contribution < -0.4 is 36.3 Å². The molecule has 0 amide bonds. The molecule has 0 aromatic rings. The Bertz CT molecular complexity index is 29.2. The predicted octanol–water partition coefficient (Wildman–Crippen LogP) is -6.70. The van der Waals surface area contributed by atoms with Gasteiger partial charge in [-0.05, 0) is 6.92 Å². The molecule has 0 aromatic heterocycles. The van der Waals surface area contributed by atoms with Gasteiger partial charge >= 0.3 is 21.1 Å². The van der Waals surface area contributed by atoms with Crippen LogP contribution in [0, 0.1) is 0 Å². The van der Waals surface area contributed by atoms with Gasteiger partial charge in [0.05, 0.1) is 0 Å². The van der Waals surface area contributed by atoms with Crippen LogP contribution in [-0.4, -0.2) is 12.6 Å². The van der Waals surface area contributed by atoms with Crippen LogP contribution in [-0.2, 0) is 21.1 Å².